The van der Waals surface area contributed by atoms with Crippen molar-refractivity contribution in [3.8, 4) is 0 Å². The quantitative estimate of drug-likeness (QED) is 0.179. The van der Waals surface area contributed by atoms with E-state index in [1.54, 1.807) is 0 Å². The molecule has 51 heavy (non-hydrogen) atoms. The number of rotatable bonds is 5. The van der Waals surface area contributed by atoms with Gasteiger partial charge in [0, 0.05) is 59.4 Å². The molecule has 0 saturated carbocycles. The van der Waals surface area contributed by atoms with Crippen LogP contribution in [0.4, 0.5) is 0 Å². The number of piperidine rings is 2. The lowest BCUT2D eigenvalue weighted by Crippen LogP contribution is -2.63. The average Bonchev–Trinajstić information content (AvgIpc) is 3.69. The Morgan fingerprint density at radius 1 is 0.725 bits per heavy atom. The maximum absolute atomic E-state index is 13.5. The number of nitrogens with zero attached hydrogens (tertiary/aromatic N) is 2. The number of para-hydroxylation sites is 2. The molecule has 8 unspecified atom stereocenters. The Bertz CT molecular complexity index is 2110. The number of carbonyl (C=O) groups is 2. The van der Waals surface area contributed by atoms with Crippen molar-refractivity contribution in [2.75, 3.05) is 39.9 Å². The number of aromatic amines is 2. The Morgan fingerprint density at radius 2 is 1.20 bits per heavy atom. The number of hydrogen-bond acceptors (Lipinski definition) is 6. The predicted octanol–water partition coefficient (Wildman–Crippen LogP) is 6.74. The molecule has 8 aliphatic rings. The summed E-state index contributed by atoms with van der Waals surface area (Å²) in [5.41, 5.74) is 8.75. The second-order valence-electron chi connectivity index (χ2n) is 15.6. The fraction of sp³-hybridized carbons (Fsp3) is 0.488. The first-order valence-electron chi connectivity index (χ1n) is 19.2. The van der Waals surface area contributed by atoms with E-state index in [1.807, 2.05) is 6.92 Å². The normalized spacial score (nSPS) is 32.5. The van der Waals surface area contributed by atoms with Crippen LogP contribution in [0.15, 0.2) is 71.8 Å². The van der Waals surface area contributed by atoms with E-state index in [9.17, 15) is 9.59 Å². The van der Waals surface area contributed by atoms with E-state index in [0.717, 1.165) is 87.1 Å². The lowest BCUT2D eigenvalue weighted by Gasteiger charge is -2.53. The lowest BCUT2D eigenvalue weighted by atomic mass is 9.60. The smallest absolute Gasteiger partial charge is 0.320 e. The van der Waals surface area contributed by atoms with Gasteiger partial charge in [0.05, 0.1) is 25.8 Å². The zero-order chi connectivity index (χ0) is 35.1. The van der Waals surface area contributed by atoms with Crippen molar-refractivity contribution in [2.24, 2.45) is 11.8 Å². The molecular weight excluding hydrogens is 636 g/mol. The molecule has 8 atom stereocenters. The Morgan fingerprint density at radius 3 is 1.65 bits per heavy atom. The number of hydrogen-bond donors (Lipinski definition) is 2. The second-order valence-corrected chi connectivity index (χ2v) is 15.6. The third-order valence-electron chi connectivity index (χ3n) is 13.2. The van der Waals surface area contributed by atoms with E-state index in [-0.39, 0.29) is 24.0 Å². The molecular formula is C43H50N4O4. The minimum atomic E-state index is -0.595. The molecule has 2 fully saturated rings. The highest BCUT2D eigenvalue weighted by molar-refractivity contribution is 5.93. The van der Waals surface area contributed by atoms with Gasteiger partial charge in [-0.3, -0.25) is 19.4 Å². The third kappa shape index (κ3) is 4.58. The lowest BCUT2D eigenvalue weighted by molar-refractivity contribution is -0.156. The molecule has 6 aliphatic heterocycles. The van der Waals surface area contributed by atoms with Crippen LogP contribution in [0.1, 0.15) is 69.0 Å². The maximum atomic E-state index is 13.5. The SMILES string of the molecule is CCC1=CC2CN3CCc4c([nH]c5ccccc45)C(C(=O)OC)(C2)C13.CCOC(=O)C12CC3C=C(CC)C1N(CCc1c2[nH]c2ccccc12)C3. The summed E-state index contributed by atoms with van der Waals surface area (Å²) < 4.78 is 11.1. The number of carbonyl (C=O) groups excluding carboxylic acids is 2. The molecule has 8 heteroatoms. The number of esters is 2. The fourth-order valence-corrected chi connectivity index (χ4v) is 11.5. The first-order valence-corrected chi connectivity index (χ1v) is 19.2. The number of nitrogens with one attached hydrogen (secondary N) is 2. The summed E-state index contributed by atoms with van der Waals surface area (Å²) >= 11 is 0. The molecule has 2 aromatic carbocycles. The van der Waals surface area contributed by atoms with Crippen LogP contribution in [0.3, 0.4) is 0 Å². The largest absolute Gasteiger partial charge is 0.468 e. The monoisotopic (exact) mass is 686 g/mol. The van der Waals surface area contributed by atoms with Crippen LogP contribution < -0.4 is 0 Å². The van der Waals surface area contributed by atoms with Crippen LogP contribution in [0.2, 0.25) is 0 Å². The Kier molecular flexibility index (Phi) is 7.85. The van der Waals surface area contributed by atoms with Crippen molar-refractivity contribution < 1.29 is 19.1 Å². The van der Waals surface area contributed by atoms with Crippen molar-refractivity contribution in [1.29, 1.82) is 0 Å². The van der Waals surface area contributed by atoms with Crippen LogP contribution in [0.25, 0.3) is 21.8 Å². The highest BCUT2D eigenvalue weighted by Crippen LogP contribution is 2.54. The molecule has 2 N–H and O–H groups in total. The third-order valence-corrected chi connectivity index (χ3v) is 13.2. The van der Waals surface area contributed by atoms with E-state index in [4.69, 9.17) is 9.47 Å². The number of ether oxygens (including phenoxy) is 2. The molecule has 2 aliphatic carbocycles. The molecule has 8 heterocycles. The van der Waals surface area contributed by atoms with E-state index < -0.39 is 10.8 Å². The summed E-state index contributed by atoms with van der Waals surface area (Å²) in [6.07, 6.45) is 10.5. The van der Waals surface area contributed by atoms with Crippen molar-refractivity contribution >= 4 is 33.7 Å². The van der Waals surface area contributed by atoms with Gasteiger partial charge in [-0.1, -0.05) is 73.5 Å². The molecule has 12 rings (SSSR count). The van der Waals surface area contributed by atoms with Crippen molar-refractivity contribution in [3.05, 3.63) is 94.3 Å². The molecule has 266 valence electrons. The minimum absolute atomic E-state index is 0.0477. The number of methoxy groups -OCH3 is 1. The van der Waals surface area contributed by atoms with Gasteiger partial charge in [-0.05, 0) is 80.5 Å². The molecule has 8 bridgehead atoms. The number of benzene rings is 2. The zero-order valence-corrected chi connectivity index (χ0v) is 30.4. The molecule has 0 radical (unpaired) electrons. The van der Waals surface area contributed by atoms with Crippen LogP contribution in [-0.2, 0) is 42.7 Å². The van der Waals surface area contributed by atoms with Crippen LogP contribution in [0, 0.1) is 11.8 Å². The summed E-state index contributed by atoms with van der Waals surface area (Å²) in [4.78, 5) is 39.1. The topological polar surface area (TPSA) is 90.7 Å². The highest BCUT2D eigenvalue weighted by Gasteiger charge is 2.62. The van der Waals surface area contributed by atoms with Gasteiger partial charge in [0.2, 0.25) is 0 Å². The summed E-state index contributed by atoms with van der Waals surface area (Å²) in [5, 5.41) is 2.52. The fourth-order valence-electron chi connectivity index (χ4n) is 11.5. The van der Waals surface area contributed by atoms with Gasteiger partial charge in [-0.15, -0.1) is 0 Å². The number of H-pyrrole nitrogens is 2. The van der Waals surface area contributed by atoms with E-state index >= 15 is 0 Å². The average molecular weight is 687 g/mol. The molecule has 0 amide bonds. The minimum Gasteiger partial charge on any atom is -0.468 e. The molecule has 0 spiro atoms. The second kappa shape index (κ2) is 12.2. The van der Waals surface area contributed by atoms with Crippen LogP contribution in [-0.4, -0.2) is 83.7 Å². The van der Waals surface area contributed by atoms with Crippen LogP contribution in [0.5, 0.6) is 0 Å². The van der Waals surface area contributed by atoms with Gasteiger partial charge in [-0.25, -0.2) is 0 Å². The summed E-state index contributed by atoms with van der Waals surface area (Å²) in [6, 6.07) is 17.2. The summed E-state index contributed by atoms with van der Waals surface area (Å²) in [5.74, 6) is 0.725. The number of aromatic nitrogens is 2. The molecule has 8 nitrogen and oxygen atoms in total. The Labute approximate surface area is 300 Å². The van der Waals surface area contributed by atoms with Gasteiger partial charge in [0.25, 0.3) is 0 Å². The van der Waals surface area contributed by atoms with Gasteiger partial charge >= 0.3 is 11.9 Å². The van der Waals surface area contributed by atoms with Crippen molar-refractivity contribution in [1.82, 2.24) is 19.8 Å². The zero-order valence-electron chi connectivity index (χ0n) is 30.4. The van der Waals surface area contributed by atoms with E-state index in [0.29, 0.717) is 18.4 Å². The van der Waals surface area contributed by atoms with Crippen LogP contribution >= 0.6 is 0 Å². The standard InChI is InChI=1S/C22H26N2O2.C21H24N2O2/c1-3-15-11-14-12-22(21(25)26-4-2)19-17(9-10-24(13-14)20(15)22)16-7-5-6-8-18(16)23-19;1-3-14-10-13-11-21(20(24)25-2)18-16(8-9-23(12-13)19(14)21)15-6-4-5-7-17(15)22-18/h5-8,11,14,20,23H,3-4,9-10,12-13H2,1-2H3;4-7,10,13,19,22H,3,8-9,11-12H2,1-2H3. The van der Waals surface area contributed by atoms with Gasteiger partial charge in [-0.2, -0.15) is 0 Å². The van der Waals surface area contributed by atoms with E-state index in [2.05, 4.69) is 94.3 Å². The predicted molar refractivity (Wildman–Crippen MR) is 200 cm³/mol. The molecule has 2 aromatic heterocycles. The van der Waals surface area contributed by atoms with E-state index in [1.165, 1.54) is 40.2 Å². The Hall–Kier alpha value is -4.14. The summed E-state index contributed by atoms with van der Waals surface area (Å²) in [7, 11) is 1.53. The van der Waals surface area contributed by atoms with Crippen molar-refractivity contribution in [2.45, 2.75) is 82.2 Å². The van der Waals surface area contributed by atoms with Gasteiger partial charge in [0.1, 0.15) is 10.8 Å². The highest BCUT2D eigenvalue weighted by atomic mass is 16.5. The maximum Gasteiger partial charge on any atom is 0.320 e. The molecule has 2 saturated heterocycles. The molecule has 4 aromatic rings. The van der Waals surface area contributed by atoms with Gasteiger partial charge < -0.3 is 19.4 Å². The summed E-state index contributed by atoms with van der Waals surface area (Å²) in [6.45, 7) is 10.9. The van der Waals surface area contributed by atoms with Crippen molar-refractivity contribution in [3.63, 3.8) is 0 Å². The van der Waals surface area contributed by atoms with Gasteiger partial charge in [0.15, 0.2) is 0 Å². The first kappa shape index (κ1) is 32.7. The Balaban J connectivity index is 0.000000137. The number of fused-ring (bicyclic) bond motifs is 6. The first-order chi connectivity index (χ1) is 24.9.